The zero-order valence-corrected chi connectivity index (χ0v) is 12.8. The van der Waals surface area contributed by atoms with Crippen molar-refractivity contribution in [3.8, 4) is 0 Å². The van der Waals surface area contributed by atoms with Crippen LogP contribution in [-0.4, -0.2) is 30.3 Å². The summed E-state index contributed by atoms with van der Waals surface area (Å²) in [5.74, 6) is 0.102. The van der Waals surface area contributed by atoms with Gasteiger partial charge in [0.15, 0.2) is 0 Å². The summed E-state index contributed by atoms with van der Waals surface area (Å²) in [6.45, 7) is 7.01. The van der Waals surface area contributed by atoms with E-state index in [1.807, 2.05) is 25.1 Å². The molecule has 0 heterocycles. The molecular weight excluding hydrogens is 254 g/mol. The quantitative estimate of drug-likeness (QED) is 0.752. The lowest BCUT2D eigenvalue weighted by Gasteiger charge is -2.25. The minimum Gasteiger partial charge on any atom is -0.465 e. The molecule has 0 bridgehead atoms. The van der Waals surface area contributed by atoms with Crippen LogP contribution in [0.1, 0.15) is 43.1 Å². The van der Waals surface area contributed by atoms with Crippen molar-refractivity contribution in [3.63, 3.8) is 0 Å². The Bertz CT molecular complexity index is 441. The van der Waals surface area contributed by atoms with Crippen molar-refractivity contribution in [2.75, 3.05) is 13.7 Å². The summed E-state index contributed by atoms with van der Waals surface area (Å²) in [6, 6.07) is 7.33. The number of ether oxygens (including phenoxy) is 1. The van der Waals surface area contributed by atoms with Gasteiger partial charge < -0.3 is 15.2 Å². The lowest BCUT2D eigenvalue weighted by Crippen LogP contribution is -2.38. The molecule has 4 nitrogen and oxygen atoms in total. The van der Waals surface area contributed by atoms with Gasteiger partial charge in [0.1, 0.15) is 0 Å². The summed E-state index contributed by atoms with van der Waals surface area (Å²) in [6.07, 6.45) is 0.735. The van der Waals surface area contributed by atoms with Crippen molar-refractivity contribution >= 4 is 5.97 Å². The van der Waals surface area contributed by atoms with Crippen LogP contribution in [0.4, 0.5) is 0 Å². The topological polar surface area (TPSA) is 58.6 Å². The zero-order chi connectivity index (χ0) is 15.2. The second kappa shape index (κ2) is 7.41. The van der Waals surface area contributed by atoms with Gasteiger partial charge >= 0.3 is 5.97 Å². The molecule has 112 valence electrons. The number of nitrogens with one attached hydrogen (secondary N) is 1. The second-order valence-electron chi connectivity index (χ2n) is 5.85. The molecule has 0 aromatic heterocycles. The Morgan fingerprint density at radius 3 is 2.65 bits per heavy atom. The van der Waals surface area contributed by atoms with E-state index in [1.165, 1.54) is 7.11 Å². The zero-order valence-electron chi connectivity index (χ0n) is 12.8. The molecular formula is C16H25NO3. The van der Waals surface area contributed by atoms with E-state index in [2.05, 4.69) is 19.2 Å². The lowest BCUT2D eigenvalue weighted by molar-refractivity contribution is 0.0383. The molecule has 0 spiro atoms. The molecule has 1 atom stereocenters. The van der Waals surface area contributed by atoms with Gasteiger partial charge in [0, 0.05) is 13.1 Å². The third kappa shape index (κ3) is 5.31. The molecule has 0 aliphatic heterocycles. The maximum absolute atomic E-state index is 11.6. The van der Waals surface area contributed by atoms with Gasteiger partial charge in [-0.2, -0.15) is 0 Å². The van der Waals surface area contributed by atoms with E-state index in [0.717, 1.165) is 12.0 Å². The Morgan fingerprint density at radius 1 is 1.40 bits per heavy atom. The molecule has 0 radical (unpaired) electrons. The summed E-state index contributed by atoms with van der Waals surface area (Å²) in [5.41, 5.74) is 0.694. The van der Waals surface area contributed by atoms with E-state index >= 15 is 0 Å². The van der Waals surface area contributed by atoms with Gasteiger partial charge in [0.2, 0.25) is 0 Å². The van der Waals surface area contributed by atoms with Crippen LogP contribution in [0.15, 0.2) is 24.3 Å². The Hall–Kier alpha value is -1.39. The van der Waals surface area contributed by atoms with Crippen LogP contribution in [-0.2, 0) is 11.3 Å². The van der Waals surface area contributed by atoms with Gasteiger partial charge in [0.05, 0.1) is 18.3 Å². The van der Waals surface area contributed by atoms with Crippen molar-refractivity contribution < 1.29 is 14.6 Å². The number of methoxy groups -OCH3 is 1. The Labute approximate surface area is 121 Å². The first kappa shape index (κ1) is 16.7. The number of carbonyl (C=O) groups is 1. The Balaban J connectivity index is 2.60. The number of rotatable bonds is 7. The molecule has 4 heteroatoms. The first-order chi connectivity index (χ1) is 9.35. The fourth-order valence-electron chi connectivity index (χ4n) is 2.40. The standard InChI is InChI=1S/C16H25NO3/c1-12(2)9-16(3,19)11-17-10-13-7-5-6-8-14(13)15(18)20-4/h5-8,12,17,19H,9-11H2,1-4H3. The Kier molecular flexibility index (Phi) is 6.17. The average molecular weight is 279 g/mol. The van der Waals surface area contributed by atoms with Crippen LogP contribution >= 0.6 is 0 Å². The predicted octanol–water partition coefficient (Wildman–Crippen LogP) is 2.36. The summed E-state index contributed by atoms with van der Waals surface area (Å²) < 4.78 is 4.76. The molecule has 0 saturated heterocycles. The molecule has 1 rings (SSSR count). The maximum Gasteiger partial charge on any atom is 0.338 e. The van der Waals surface area contributed by atoms with Crippen molar-refractivity contribution in [2.45, 2.75) is 39.3 Å². The maximum atomic E-state index is 11.6. The minimum atomic E-state index is -0.742. The number of hydrogen-bond acceptors (Lipinski definition) is 4. The first-order valence-electron chi connectivity index (χ1n) is 6.95. The smallest absolute Gasteiger partial charge is 0.338 e. The highest BCUT2D eigenvalue weighted by molar-refractivity contribution is 5.90. The van der Waals surface area contributed by atoms with Crippen LogP contribution < -0.4 is 5.32 Å². The largest absolute Gasteiger partial charge is 0.465 e. The van der Waals surface area contributed by atoms with E-state index in [1.54, 1.807) is 6.07 Å². The summed E-state index contributed by atoms with van der Waals surface area (Å²) in [5, 5.41) is 13.4. The van der Waals surface area contributed by atoms with E-state index in [4.69, 9.17) is 4.74 Å². The molecule has 0 amide bonds. The van der Waals surface area contributed by atoms with Gasteiger partial charge in [-0.05, 0) is 30.9 Å². The van der Waals surface area contributed by atoms with Gasteiger partial charge in [-0.3, -0.25) is 0 Å². The van der Waals surface area contributed by atoms with E-state index < -0.39 is 5.60 Å². The molecule has 0 saturated carbocycles. The van der Waals surface area contributed by atoms with Crippen LogP contribution in [0.2, 0.25) is 0 Å². The molecule has 1 aromatic rings. The number of benzene rings is 1. The molecule has 0 aliphatic rings. The molecule has 1 aromatic carbocycles. The summed E-state index contributed by atoms with van der Waals surface area (Å²) in [4.78, 5) is 11.6. The molecule has 0 fully saturated rings. The van der Waals surface area contributed by atoms with E-state index in [-0.39, 0.29) is 5.97 Å². The highest BCUT2D eigenvalue weighted by atomic mass is 16.5. The van der Waals surface area contributed by atoms with Crippen LogP contribution in [0.25, 0.3) is 0 Å². The molecule has 1 unspecified atom stereocenters. The van der Waals surface area contributed by atoms with Gasteiger partial charge in [0.25, 0.3) is 0 Å². The predicted molar refractivity (Wildman–Crippen MR) is 79.6 cm³/mol. The fourth-order valence-corrected chi connectivity index (χ4v) is 2.40. The third-order valence-electron chi connectivity index (χ3n) is 3.09. The van der Waals surface area contributed by atoms with E-state index in [9.17, 15) is 9.90 Å². The second-order valence-corrected chi connectivity index (χ2v) is 5.85. The molecule has 0 aliphatic carbocycles. The fraction of sp³-hybridized carbons (Fsp3) is 0.562. The monoisotopic (exact) mass is 279 g/mol. The van der Waals surface area contributed by atoms with Crippen molar-refractivity contribution in [1.82, 2.24) is 5.32 Å². The number of aliphatic hydroxyl groups is 1. The molecule has 20 heavy (non-hydrogen) atoms. The SMILES string of the molecule is COC(=O)c1ccccc1CNCC(C)(O)CC(C)C. The van der Waals surface area contributed by atoms with Crippen LogP contribution in [0.5, 0.6) is 0 Å². The van der Waals surface area contributed by atoms with Gasteiger partial charge in [-0.15, -0.1) is 0 Å². The molecule has 2 N–H and O–H groups in total. The summed E-state index contributed by atoms with van der Waals surface area (Å²) >= 11 is 0. The lowest BCUT2D eigenvalue weighted by atomic mass is 9.94. The highest BCUT2D eigenvalue weighted by Crippen LogP contribution is 2.16. The average Bonchev–Trinajstić information content (AvgIpc) is 2.36. The number of esters is 1. The number of carbonyl (C=O) groups excluding carboxylic acids is 1. The van der Waals surface area contributed by atoms with E-state index in [0.29, 0.717) is 24.6 Å². The number of hydrogen-bond donors (Lipinski definition) is 2. The minimum absolute atomic E-state index is 0.337. The van der Waals surface area contributed by atoms with Gasteiger partial charge in [-0.25, -0.2) is 4.79 Å². The van der Waals surface area contributed by atoms with Gasteiger partial charge in [-0.1, -0.05) is 32.0 Å². The van der Waals surface area contributed by atoms with Crippen molar-refractivity contribution in [2.24, 2.45) is 5.92 Å². The Morgan fingerprint density at radius 2 is 2.05 bits per heavy atom. The highest BCUT2D eigenvalue weighted by Gasteiger charge is 2.21. The van der Waals surface area contributed by atoms with Crippen LogP contribution in [0, 0.1) is 5.92 Å². The van der Waals surface area contributed by atoms with Crippen molar-refractivity contribution in [3.05, 3.63) is 35.4 Å². The first-order valence-corrected chi connectivity index (χ1v) is 6.95. The normalized spacial score (nSPS) is 14.1. The summed E-state index contributed by atoms with van der Waals surface area (Å²) in [7, 11) is 1.37. The van der Waals surface area contributed by atoms with Crippen molar-refractivity contribution in [1.29, 1.82) is 0 Å². The third-order valence-corrected chi connectivity index (χ3v) is 3.09. The van der Waals surface area contributed by atoms with Crippen LogP contribution in [0.3, 0.4) is 0 Å².